The van der Waals surface area contributed by atoms with E-state index >= 15 is 0 Å². The van der Waals surface area contributed by atoms with Crippen LogP contribution in [0.3, 0.4) is 0 Å². The highest BCUT2D eigenvalue weighted by Gasteiger charge is 2.38. The normalized spacial score (nSPS) is 12.0. The summed E-state index contributed by atoms with van der Waals surface area (Å²) in [7, 11) is 0. The van der Waals surface area contributed by atoms with Crippen LogP contribution >= 0.6 is 11.6 Å². The van der Waals surface area contributed by atoms with Crippen molar-refractivity contribution in [3.63, 3.8) is 0 Å². The highest BCUT2D eigenvalue weighted by atomic mass is 35.5. The number of halogens is 7. The number of carbonyl (C=O) groups excluding carboxylic acids is 2. The number of unbranched alkanes of at least 4 members (excludes halogenated alkanes) is 2. The van der Waals surface area contributed by atoms with Crippen LogP contribution in [0.25, 0.3) is 0 Å². The third-order valence-corrected chi connectivity index (χ3v) is 4.81. The van der Waals surface area contributed by atoms with Crippen LogP contribution in [0.15, 0.2) is 36.4 Å². The molecule has 0 aliphatic carbocycles. The monoisotopic (exact) mass is 480 g/mol. The van der Waals surface area contributed by atoms with Gasteiger partial charge in [-0.25, -0.2) is 0 Å². The molecule has 0 aliphatic heterocycles. The number of anilines is 1. The lowest BCUT2D eigenvalue weighted by Gasteiger charge is -2.26. The average Bonchev–Trinajstić information content (AvgIpc) is 2.69. The van der Waals surface area contributed by atoms with Gasteiger partial charge in [-0.1, -0.05) is 31.4 Å². The predicted octanol–water partition coefficient (Wildman–Crippen LogP) is 6.31. The maximum atomic E-state index is 13.2. The van der Waals surface area contributed by atoms with Gasteiger partial charge in [-0.3, -0.25) is 9.59 Å². The van der Waals surface area contributed by atoms with E-state index < -0.39 is 40.9 Å². The molecule has 2 aromatic carbocycles. The molecular formula is C21H19ClF6N2O2. The topological polar surface area (TPSA) is 63.4 Å². The van der Waals surface area contributed by atoms with Gasteiger partial charge in [-0.15, -0.1) is 0 Å². The number of carbonyl (C=O) groups is 2. The van der Waals surface area contributed by atoms with Crippen molar-refractivity contribution < 1.29 is 35.9 Å². The minimum Gasteiger partial charge on any atom is -0.366 e. The van der Waals surface area contributed by atoms with Crippen LogP contribution < -0.4 is 10.6 Å². The van der Waals surface area contributed by atoms with E-state index in [4.69, 9.17) is 17.3 Å². The number of rotatable bonds is 7. The summed E-state index contributed by atoms with van der Waals surface area (Å²) < 4.78 is 79.3. The Balaban J connectivity index is 2.66. The Kier molecular flexibility index (Phi) is 7.82. The zero-order chi connectivity index (χ0) is 24.3. The SMILES string of the molecule is CCCCCN(C(=O)c1cc(C(F)(F)F)cc(C(F)(F)F)c1)c1ccc(Cl)cc1C(N)=O. The summed E-state index contributed by atoms with van der Waals surface area (Å²) in [5.74, 6) is -2.10. The molecular weight excluding hydrogens is 462 g/mol. The minimum absolute atomic E-state index is 0.0602. The van der Waals surface area contributed by atoms with Crippen LogP contribution in [0.5, 0.6) is 0 Å². The van der Waals surface area contributed by atoms with Gasteiger partial charge < -0.3 is 10.6 Å². The van der Waals surface area contributed by atoms with E-state index in [0.717, 1.165) is 11.3 Å². The van der Waals surface area contributed by atoms with Gasteiger partial charge in [0.15, 0.2) is 0 Å². The lowest BCUT2D eigenvalue weighted by molar-refractivity contribution is -0.143. The van der Waals surface area contributed by atoms with E-state index in [9.17, 15) is 35.9 Å². The van der Waals surface area contributed by atoms with Crippen LogP contribution in [0.1, 0.15) is 58.0 Å². The van der Waals surface area contributed by atoms with Gasteiger partial charge in [0.2, 0.25) is 0 Å². The largest absolute Gasteiger partial charge is 0.416 e. The first kappa shape index (κ1) is 25.5. The molecule has 0 atom stereocenters. The second-order valence-corrected chi connectivity index (χ2v) is 7.42. The molecule has 0 aliphatic rings. The molecule has 174 valence electrons. The summed E-state index contributed by atoms with van der Waals surface area (Å²) in [6.07, 6.45) is -8.48. The quantitative estimate of drug-likeness (QED) is 0.372. The molecule has 0 bridgehead atoms. The predicted molar refractivity (Wildman–Crippen MR) is 108 cm³/mol. The molecule has 0 unspecified atom stereocenters. The molecule has 0 heterocycles. The Labute approximate surface area is 184 Å². The first-order chi connectivity index (χ1) is 14.8. The van der Waals surface area contributed by atoms with Crippen molar-refractivity contribution in [2.75, 3.05) is 11.4 Å². The smallest absolute Gasteiger partial charge is 0.366 e. The summed E-state index contributed by atoms with van der Waals surface area (Å²) >= 11 is 5.87. The summed E-state index contributed by atoms with van der Waals surface area (Å²) in [4.78, 5) is 26.0. The first-order valence-corrected chi connectivity index (χ1v) is 9.84. The van der Waals surface area contributed by atoms with Crippen LogP contribution in [-0.2, 0) is 12.4 Å². The van der Waals surface area contributed by atoms with E-state index in [1.807, 2.05) is 6.92 Å². The van der Waals surface area contributed by atoms with E-state index in [2.05, 4.69) is 0 Å². The number of benzene rings is 2. The molecule has 2 aromatic rings. The highest BCUT2D eigenvalue weighted by molar-refractivity contribution is 6.31. The van der Waals surface area contributed by atoms with Crippen LogP contribution in [0.2, 0.25) is 5.02 Å². The molecule has 4 nitrogen and oxygen atoms in total. The van der Waals surface area contributed by atoms with Gasteiger partial charge in [-0.05, 0) is 42.8 Å². The fraction of sp³-hybridized carbons (Fsp3) is 0.333. The Bertz CT molecular complexity index is 973. The number of alkyl halides is 6. The summed E-state index contributed by atoms with van der Waals surface area (Å²) in [6.45, 7) is 1.80. The van der Waals surface area contributed by atoms with Crippen molar-refractivity contribution in [3.05, 3.63) is 63.7 Å². The molecule has 0 saturated heterocycles. The van der Waals surface area contributed by atoms with Gasteiger partial charge in [-0.2, -0.15) is 26.3 Å². The van der Waals surface area contributed by atoms with Gasteiger partial charge in [0, 0.05) is 17.1 Å². The zero-order valence-corrected chi connectivity index (χ0v) is 17.5. The van der Waals surface area contributed by atoms with Crippen LogP contribution in [-0.4, -0.2) is 18.4 Å². The van der Waals surface area contributed by atoms with Gasteiger partial charge in [0.25, 0.3) is 11.8 Å². The standard InChI is InChI=1S/C21H19ClF6N2O2/c1-2-3-4-7-30(17-6-5-15(22)11-16(17)18(29)31)19(32)12-8-13(20(23,24)25)10-14(9-12)21(26,27)28/h5-6,8-11H,2-4,7H2,1H3,(H2,29,31). The summed E-state index contributed by atoms with van der Waals surface area (Å²) in [5, 5.41) is 0.113. The number of primary amides is 1. The Hall–Kier alpha value is -2.75. The van der Waals surface area contributed by atoms with E-state index in [1.165, 1.54) is 18.2 Å². The lowest BCUT2D eigenvalue weighted by atomic mass is 10.0. The molecule has 32 heavy (non-hydrogen) atoms. The minimum atomic E-state index is -5.11. The second kappa shape index (κ2) is 9.81. The maximum Gasteiger partial charge on any atom is 0.416 e. The fourth-order valence-corrected chi connectivity index (χ4v) is 3.20. The zero-order valence-electron chi connectivity index (χ0n) is 16.8. The van der Waals surface area contributed by atoms with Crippen molar-refractivity contribution in [3.8, 4) is 0 Å². The molecule has 11 heteroatoms. The molecule has 0 spiro atoms. The van der Waals surface area contributed by atoms with E-state index in [1.54, 1.807) is 0 Å². The molecule has 2 rings (SSSR count). The number of hydrogen-bond donors (Lipinski definition) is 1. The number of amides is 2. The average molecular weight is 481 g/mol. The number of hydrogen-bond acceptors (Lipinski definition) is 2. The third kappa shape index (κ3) is 6.15. The molecule has 0 radical (unpaired) electrons. The Morgan fingerprint density at radius 1 is 0.938 bits per heavy atom. The Morgan fingerprint density at radius 2 is 1.50 bits per heavy atom. The van der Waals surface area contributed by atoms with Crippen molar-refractivity contribution in [2.24, 2.45) is 5.73 Å². The molecule has 2 N–H and O–H groups in total. The van der Waals surface area contributed by atoms with Crippen LogP contribution in [0.4, 0.5) is 32.0 Å². The molecule has 2 amide bonds. The number of nitrogens with zero attached hydrogens (tertiary/aromatic N) is 1. The molecule has 0 aromatic heterocycles. The van der Waals surface area contributed by atoms with Crippen molar-refractivity contribution in [2.45, 2.75) is 38.5 Å². The lowest BCUT2D eigenvalue weighted by Crippen LogP contribution is -2.34. The third-order valence-electron chi connectivity index (χ3n) is 4.58. The maximum absolute atomic E-state index is 13.2. The van der Waals surface area contributed by atoms with Crippen molar-refractivity contribution >= 4 is 29.1 Å². The fourth-order valence-electron chi connectivity index (χ4n) is 3.03. The highest BCUT2D eigenvalue weighted by Crippen LogP contribution is 2.37. The van der Waals surface area contributed by atoms with E-state index in [-0.39, 0.29) is 28.9 Å². The van der Waals surface area contributed by atoms with E-state index in [0.29, 0.717) is 25.0 Å². The van der Waals surface area contributed by atoms with Crippen LogP contribution in [0, 0.1) is 0 Å². The first-order valence-electron chi connectivity index (χ1n) is 9.46. The summed E-state index contributed by atoms with van der Waals surface area (Å²) in [6, 6.07) is 4.41. The van der Waals surface area contributed by atoms with Gasteiger partial charge in [0.05, 0.1) is 22.4 Å². The molecule has 0 fully saturated rings. The van der Waals surface area contributed by atoms with Gasteiger partial charge in [0.1, 0.15) is 0 Å². The van der Waals surface area contributed by atoms with Crippen molar-refractivity contribution in [1.82, 2.24) is 0 Å². The molecule has 0 saturated carbocycles. The van der Waals surface area contributed by atoms with Crippen molar-refractivity contribution in [1.29, 1.82) is 0 Å². The summed E-state index contributed by atoms with van der Waals surface area (Å²) in [5.41, 5.74) is 1.04. The second-order valence-electron chi connectivity index (χ2n) is 6.98. The Morgan fingerprint density at radius 3 is 1.97 bits per heavy atom. The number of nitrogens with two attached hydrogens (primary N) is 1. The van der Waals surface area contributed by atoms with Gasteiger partial charge >= 0.3 is 12.4 Å².